The number of carbonyl (C=O) groups is 2. The van der Waals surface area contributed by atoms with Gasteiger partial charge >= 0.3 is 5.97 Å². The van der Waals surface area contributed by atoms with Crippen LogP contribution in [0.4, 0.5) is 10.1 Å². The molecule has 5 nitrogen and oxygen atoms in total. The van der Waals surface area contributed by atoms with Gasteiger partial charge in [-0.2, -0.15) is 0 Å². The minimum Gasteiger partial charge on any atom is -0.466 e. The molecule has 1 N–H and O–H groups in total. The molecule has 0 spiro atoms. The number of hydrogen-bond acceptors (Lipinski definition) is 4. The summed E-state index contributed by atoms with van der Waals surface area (Å²) in [4.78, 5) is 24.1. The molecule has 2 rings (SSSR count). The van der Waals surface area contributed by atoms with Crippen molar-refractivity contribution in [3.8, 4) is 0 Å². The number of ether oxygens (including phenoxy) is 1. The lowest BCUT2D eigenvalue weighted by molar-refractivity contribution is -0.123. The monoisotopic (exact) mass is 339 g/mol. The number of rotatable bonds is 4. The zero-order chi connectivity index (χ0) is 17.1. The van der Waals surface area contributed by atoms with Crippen LogP contribution < -0.4 is 5.32 Å². The van der Waals surface area contributed by atoms with E-state index in [4.69, 9.17) is 20.8 Å². The molecular formula is C16H15ClFNO4. The van der Waals surface area contributed by atoms with E-state index in [-0.39, 0.29) is 16.3 Å². The Morgan fingerprint density at radius 3 is 2.57 bits per heavy atom. The van der Waals surface area contributed by atoms with Crippen molar-refractivity contribution >= 4 is 29.2 Å². The largest absolute Gasteiger partial charge is 0.466 e. The van der Waals surface area contributed by atoms with Crippen LogP contribution in [0.5, 0.6) is 0 Å². The Morgan fingerprint density at radius 2 is 2.00 bits per heavy atom. The fraction of sp³-hybridized carbons (Fsp3) is 0.250. The topological polar surface area (TPSA) is 68.5 Å². The predicted octanol–water partition coefficient (Wildman–Crippen LogP) is 3.87. The van der Waals surface area contributed by atoms with E-state index in [1.165, 1.54) is 13.0 Å². The van der Waals surface area contributed by atoms with Crippen LogP contribution in [0.15, 0.2) is 28.7 Å². The molecule has 0 unspecified atom stereocenters. The highest BCUT2D eigenvalue weighted by Gasteiger charge is 2.22. The molecule has 1 atom stereocenters. The molecule has 1 aromatic heterocycles. The van der Waals surface area contributed by atoms with Crippen molar-refractivity contribution in [2.75, 3.05) is 5.32 Å². The summed E-state index contributed by atoms with van der Waals surface area (Å²) in [5.41, 5.74) is 0.498. The molecule has 0 aliphatic carbocycles. The van der Waals surface area contributed by atoms with Crippen LogP contribution in [0.1, 0.15) is 28.8 Å². The number of aryl methyl sites for hydroxylation is 2. The summed E-state index contributed by atoms with van der Waals surface area (Å²) < 4.78 is 23.3. The van der Waals surface area contributed by atoms with E-state index in [1.807, 2.05) is 0 Å². The van der Waals surface area contributed by atoms with Gasteiger partial charge in [-0.25, -0.2) is 9.18 Å². The molecule has 0 aliphatic rings. The molecule has 0 bridgehead atoms. The number of benzene rings is 1. The van der Waals surface area contributed by atoms with E-state index in [1.54, 1.807) is 19.9 Å². The van der Waals surface area contributed by atoms with Gasteiger partial charge in [0.15, 0.2) is 6.10 Å². The summed E-state index contributed by atoms with van der Waals surface area (Å²) in [7, 11) is 0. The smallest absolute Gasteiger partial charge is 0.342 e. The molecule has 2 aromatic rings. The third kappa shape index (κ3) is 4.10. The molecule has 1 heterocycles. The minimum atomic E-state index is -1.06. The Bertz CT molecular complexity index is 757. The van der Waals surface area contributed by atoms with E-state index >= 15 is 0 Å². The zero-order valence-electron chi connectivity index (χ0n) is 12.8. The second kappa shape index (κ2) is 6.83. The normalized spacial score (nSPS) is 11.9. The van der Waals surface area contributed by atoms with Crippen LogP contribution in [0, 0.1) is 19.7 Å². The molecule has 7 heteroatoms. The third-order valence-corrected chi connectivity index (χ3v) is 3.42. The Hall–Kier alpha value is -2.34. The quantitative estimate of drug-likeness (QED) is 0.858. The van der Waals surface area contributed by atoms with Gasteiger partial charge in [0.05, 0.1) is 10.7 Å². The van der Waals surface area contributed by atoms with Crippen LogP contribution in [-0.2, 0) is 9.53 Å². The molecule has 23 heavy (non-hydrogen) atoms. The summed E-state index contributed by atoms with van der Waals surface area (Å²) in [5, 5.41) is 2.53. The van der Waals surface area contributed by atoms with Crippen LogP contribution in [0.3, 0.4) is 0 Å². The lowest BCUT2D eigenvalue weighted by Gasteiger charge is -2.14. The molecule has 0 saturated carbocycles. The first kappa shape index (κ1) is 17.0. The maximum atomic E-state index is 13.0. The van der Waals surface area contributed by atoms with Crippen molar-refractivity contribution in [2.45, 2.75) is 26.9 Å². The average molecular weight is 340 g/mol. The van der Waals surface area contributed by atoms with Crippen molar-refractivity contribution in [3.05, 3.63) is 52.2 Å². The van der Waals surface area contributed by atoms with Crippen molar-refractivity contribution in [1.29, 1.82) is 0 Å². The molecule has 0 aliphatic heterocycles. The van der Waals surface area contributed by atoms with Crippen molar-refractivity contribution in [2.24, 2.45) is 0 Å². The van der Waals surface area contributed by atoms with Gasteiger partial charge < -0.3 is 14.5 Å². The second-order valence-corrected chi connectivity index (χ2v) is 5.40. The summed E-state index contributed by atoms with van der Waals surface area (Å²) in [6, 6.07) is 5.11. The number of halogens is 2. The maximum absolute atomic E-state index is 13.0. The molecule has 122 valence electrons. The van der Waals surface area contributed by atoms with Gasteiger partial charge in [-0.05, 0) is 45.0 Å². The number of furan rings is 1. The Labute approximate surface area is 137 Å². The van der Waals surface area contributed by atoms with Gasteiger partial charge in [0, 0.05) is 0 Å². The van der Waals surface area contributed by atoms with Crippen molar-refractivity contribution < 1.29 is 23.1 Å². The standard InChI is InChI=1S/C16H15ClFNO4/c1-8-6-12(9(2)22-8)16(21)23-10(3)15(20)19-14-5-4-11(18)7-13(14)17/h4-7,10H,1-3H3,(H,19,20)/t10-/m1/s1. The van der Waals surface area contributed by atoms with E-state index in [0.29, 0.717) is 11.5 Å². The molecule has 0 saturated heterocycles. The first-order valence-corrected chi connectivity index (χ1v) is 7.19. The maximum Gasteiger partial charge on any atom is 0.342 e. The van der Waals surface area contributed by atoms with E-state index in [0.717, 1.165) is 12.1 Å². The van der Waals surface area contributed by atoms with Gasteiger partial charge in [-0.3, -0.25) is 4.79 Å². The van der Waals surface area contributed by atoms with Gasteiger partial charge in [0.25, 0.3) is 5.91 Å². The Morgan fingerprint density at radius 1 is 1.30 bits per heavy atom. The lowest BCUT2D eigenvalue weighted by atomic mass is 10.2. The Balaban J connectivity index is 2.02. The van der Waals surface area contributed by atoms with Gasteiger partial charge in [-0.15, -0.1) is 0 Å². The fourth-order valence-corrected chi connectivity index (χ4v) is 2.15. The predicted molar refractivity (Wildman–Crippen MR) is 83.1 cm³/mol. The first-order valence-electron chi connectivity index (χ1n) is 6.82. The number of esters is 1. The first-order chi connectivity index (χ1) is 10.8. The van der Waals surface area contributed by atoms with Gasteiger partial charge in [-0.1, -0.05) is 11.6 Å². The number of carbonyl (C=O) groups excluding carboxylic acids is 2. The molecule has 1 amide bonds. The van der Waals surface area contributed by atoms with Crippen molar-refractivity contribution in [3.63, 3.8) is 0 Å². The summed E-state index contributed by atoms with van der Waals surface area (Å²) >= 11 is 5.83. The number of nitrogens with one attached hydrogen (secondary N) is 1. The van der Waals surface area contributed by atoms with Crippen molar-refractivity contribution in [1.82, 2.24) is 0 Å². The lowest BCUT2D eigenvalue weighted by Crippen LogP contribution is -2.30. The van der Waals surface area contributed by atoms with Crippen LogP contribution >= 0.6 is 11.6 Å². The van der Waals surface area contributed by atoms with Crippen LogP contribution in [-0.4, -0.2) is 18.0 Å². The average Bonchev–Trinajstić information content (AvgIpc) is 2.80. The molecule has 0 radical (unpaired) electrons. The van der Waals surface area contributed by atoms with E-state index in [9.17, 15) is 14.0 Å². The fourth-order valence-electron chi connectivity index (χ4n) is 1.94. The molecular weight excluding hydrogens is 325 g/mol. The summed E-state index contributed by atoms with van der Waals surface area (Å²) in [6.07, 6.45) is -1.06. The summed E-state index contributed by atoms with van der Waals surface area (Å²) in [5.74, 6) is -0.762. The van der Waals surface area contributed by atoms with E-state index in [2.05, 4.69) is 5.32 Å². The highest BCUT2D eigenvalue weighted by Crippen LogP contribution is 2.23. The van der Waals surface area contributed by atoms with E-state index < -0.39 is 23.8 Å². The summed E-state index contributed by atoms with van der Waals surface area (Å²) in [6.45, 7) is 4.76. The zero-order valence-corrected chi connectivity index (χ0v) is 13.5. The van der Waals surface area contributed by atoms with Gasteiger partial charge in [0.1, 0.15) is 22.9 Å². The third-order valence-electron chi connectivity index (χ3n) is 3.10. The Kier molecular flexibility index (Phi) is 5.05. The SMILES string of the molecule is Cc1cc(C(=O)O[C@H](C)C(=O)Nc2ccc(F)cc2Cl)c(C)o1. The van der Waals surface area contributed by atoms with Crippen LogP contribution in [0.2, 0.25) is 5.02 Å². The minimum absolute atomic E-state index is 0.0539. The highest BCUT2D eigenvalue weighted by atomic mass is 35.5. The number of hydrogen-bond donors (Lipinski definition) is 1. The molecule has 1 aromatic carbocycles. The second-order valence-electron chi connectivity index (χ2n) is 4.99. The van der Waals surface area contributed by atoms with Gasteiger partial charge in [0.2, 0.25) is 0 Å². The molecule has 0 fully saturated rings. The highest BCUT2D eigenvalue weighted by molar-refractivity contribution is 6.33. The van der Waals surface area contributed by atoms with Crippen LogP contribution in [0.25, 0.3) is 0 Å². The number of anilines is 1. The number of amides is 1.